The Morgan fingerprint density at radius 3 is 2.76 bits per heavy atom. The molecule has 1 aromatic heterocycles. The maximum atomic E-state index is 6.21. The molecule has 0 aliphatic heterocycles. The summed E-state index contributed by atoms with van der Waals surface area (Å²) >= 11 is 3.43. The molecule has 2 rings (SSSR count). The molecule has 1 heterocycles. The van der Waals surface area contributed by atoms with Crippen LogP contribution in [0, 0.1) is 6.92 Å². The maximum absolute atomic E-state index is 6.21. The van der Waals surface area contributed by atoms with Gasteiger partial charge in [0.25, 0.3) is 0 Å². The van der Waals surface area contributed by atoms with E-state index in [1.54, 1.807) is 6.20 Å². The second-order valence-electron chi connectivity index (χ2n) is 4.02. The van der Waals surface area contributed by atoms with E-state index in [1.165, 1.54) is 0 Å². The monoisotopic (exact) mass is 291 g/mol. The molecule has 0 saturated carbocycles. The molecule has 2 aromatic rings. The zero-order valence-corrected chi connectivity index (χ0v) is 11.1. The predicted molar refractivity (Wildman–Crippen MR) is 73.6 cm³/mol. The van der Waals surface area contributed by atoms with Crippen molar-refractivity contribution < 1.29 is 0 Å². The van der Waals surface area contributed by atoms with Gasteiger partial charge in [-0.2, -0.15) is 0 Å². The van der Waals surface area contributed by atoms with Crippen LogP contribution in [0.2, 0.25) is 0 Å². The van der Waals surface area contributed by atoms with E-state index in [4.69, 9.17) is 11.5 Å². The molecule has 88 valence electrons. The third kappa shape index (κ3) is 2.65. The van der Waals surface area contributed by atoms with Gasteiger partial charge in [0.05, 0.1) is 6.04 Å². The molecule has 0 spiro atoms. The third-order valence-electron chi connectivity index (χ3n) is 2.63. The fourth-order valence-electron chi connectivity index (χ4n) is 1.73. The summed E-state index contributed by atoms with van der Waals surface area (Å²) in [5, 5.41) is 0. The topological polar surface area (TPSA) is 64.9 Å². The second-order valence-corrected chi connectivity index (χ2v) is 4.94. The van der Waals surface area contributed by atoms with Gasteiger partial charge in [-0.1, -0.05) is 28.1 Å². The summed E-state index contributed by atoms with van der Waals surface area (Å²) in [6.07, 6.45) is 1.74. The number of pyridine rings is 1. The van der Waals surface area contributed by atoms with Crippen molar-refractivity contribution in [2.45, 2.75) is 13.0 Å². The fraction of sp³-hybridized carbons (Fsp3) is 0.154. The molecule has 3 nitrogen and oxygen atoms in total. The van der Waals surface area contributed by atoms with Crippen LogP contribution < -0.4 is 11.5 Å². The van der Waals surface area contributed by atoms with Gasteiger partial charge in [-0.3, -0.25) is 0 Å². The molecular weight excluding hydrogens is 278 g/mol. The first-order valence-electron chi connectivity index (χ1n) is 5.31. The number of benzene rings is 1. The van der Waals surface area contributed by atoms with Gasteiger partial charge in [0.2, 0.25) is 0 Å². The van der Waals surface area contributed by atoms with Crippen molar-refractivity contribution >= 4 is 21.7 Å². The maximum Gasteiger partial charge on any atom is 0.128 e. The SMILES string of the molecule is Cc1cnc(N)c(C(N)c2cccc(Br)c2)c1. The minimum absolute atomic E-state index is 0.250. The van der Waals surface area contributed by atoms with E-state index >= 15 is 0 Å². The van der Waals surface area contributed by atoms with Gasteiger partial charge in [-0.25, -0.2) is 4.98 Å². The van der Waals surface area contributed by atoms with Gasteiger partial charge in [0.15, 0.2) is 0 Å². The lowest BCUT2D eigenvalue weighted by Gasteiger charge is -2.15. The summed E-state index contributed by atoms with van der Waals surface area (Å²) in [5.41, 5.74) is 15.0. The molecule has 0 radical (unpaired) electrons. The standard InChI is InChI=1S/C13H14BrN3/c1-8-5-11(13(16)17-7-8)12(15)9-3-2-4-10(14)6-9/h2-7,12H,15H2,1H3,(H2,16,17). The number of hydrogen-bond donors (Lipinski definition) is 2. The lowest BCUT2D eigenvalue weighted by molar-refractivity contribution is 0.864. The number of aromatic nitrogens is 1. The van der Waals surface area contributed by atoms with E-state index in [9.17, 15) is 0 Å². The molecule has 4 N–H and O–H groups in total. The van der Waals surface area contributed by atoms with Crippen molar-refractivity contribution in [3.05, 3.63) is 57.7 Å². The van der Waals surface area contributed by atoms with Crippen molar-refractivity contribution in [3.63, 3.8) is 0 Å². The molecule has 0 aliphatic rings. The van der Waals surface area contributed by atoms with Crippen LogP contribution in [-0.2, 0) is 0 Å². The Morgan fingerprint density at radius 1 is 1.29 bits per heavy atom. The number of rotatable bonds is 2. The lowest BCUT2D eigenvalue weighted by Crippen LogP contribution is -2.15. The molecule has 0 saturated heterocycles. The summed E-state index contributed by atoms with van der Waals surface area (Å²) < 4.78 is 1.00. The Hall–Kier alpha value is -1.39. The molecule has 0 fully saturated rings. The number of nitrogens with two attached hydrogens (primary N) is 2. The van der Waals surface area contributed by atoms with Crippen molar-refractivity contribution in [1.29, 1.82) is 0 Å². The molecule has 0 amide bonds. The summed E-state index contributed by atoms with van der Waals surface area (Å²) in [5.74, 6) is 0.489. The Kier molecular flexibility index (Phi) is 3.45. The summed E-state index contributed by atoms with van der Waals surface area (Å²) in [6.45, 7) is 1.98. The Balaban J connectivity index is 2.43. The van der Waals surface area contributed by atoms with Crippen molar-refractivity contribution in [3.8, 4) is 0 Å². The zero-order chi connectivity index (χ0) is 12.4. The predicted octanol–water partition coefficient (Wildman–Crippen LogP) is 2.78. The Morgan fingerprint density at radius 2 is 2.06 bits per heavy atom. The van der Waals surface area contributed by atoms with Gasteiger partial charge in [0, 0.05) is 16.2 Å². The summed E-state index contributed by atoms with van der Waals surface area (Å²) in [4.78, 5) is 4.13. The zero-order valence-electron chi connectivity index (χ0n) is 9.52. The molecule has 1 aromatic carbocycles. The van der Waals surface area contributed by atoms with E-state index in [1.807, 2.05) is 37.3 Å². The van der Waals surface area contributed by atoms with E-state index in [0.29, 0.717) is 5.82 Å². The molecule has 1 atom stereocenters. The van der Waals surface area contributed by atoms with Crippen LogP contribution in [-0.4, -0.2) is 4.98 Å². The fourth-order valence-corrected chi connectivity index (χ4v) is 2.15. The van der Waals surface area contributed by atoms with Crippen LogP contribution >= 0.6 is 15.9 Å². The normalized spacial score (nSPS) is 12.4. The van der Waals surface area contributed by atoms with E-state index < -0.39 is 0 Å². The minimum atomic E-state index is -0.250. The number of nitrogen functional groups attached to an aromatic ring is 1. The molecule has 17 heavy (non-hydrogen) atoms. The average molecular weight is 292 g/mol. The van der Waals surface area contributed by atoms with Crippen molar-refractivity contribution in [2.75, 3.05) is 5.73 Å². The molecule has 1 unspecified atom stereocenters. The number of aryl methyl sites for hydroxylation is 1. The second kappa shape index (κ2) is 4.85. The van der Waals surface area contributed by atoms with Gasteiger partial charge in [-0.15, -0.1) is 0 Å². The van der Waals surface area contributed by atoms with E-state index in [2.05, 4.69) is 20.9 Å². The Bertz CT molecular complexity index is 540. The lowest BCUT2D eigenvalue weighted by atomic mass is 9.99. The molecule has 0 bridgehead atoms. The van der Waals surface area contributed by atoms with Gasteiger partial charge < -0.3 is 11.5 Å². The number of hydrogen-bond acceptors (Lipinski definition) is 3. The number of halogens is 1. The van der Waals surface area contributed by atoms with Crippen LogP contribution in [0.15, 0.2) is 41.0 Å². The van der Waals surface area contributed by atoms with Crippen LogP contribution in [0.25, 0.3) is 0 Å². The minimum Gasteiger partial charge on any atom is -0.383 e. The summed E-state index contributed by atoms with van der Waals surface area (Å²) in [7, 11) is 0. The quantitative estimate of drug-likeness (QED) is 0.894. The highest BCUT2D eigenvalue weighted by Gasteiger charge is 2.13. The molecule has 4 heteroatoms. The van der Waals surface area contributed by atoms with Crippen LogP contribution in [0.3, 0.4) is 0 Å². The van der Waals surface area contributed by atoms with Gasteiger partial charge >= 0.3 is 0 Å². The first kappa shape index (κ1) is 12.1. The third-order valence-corrected chi connectivity index (χ3v) is 3.12. The van der Waals surface area contributed by atoms with Crippen LogP contribution in [0.1, 0.15) is 22.7 Å². The highest BCUT2D eigenvalue weighted by atomic mass is 79.9. The Labute approximate surface area is 109 Å². The van der Waals surface area contributed by atoms with Crippen molar-refractivity contribution in [2.24, 2.45) is 5.73 Å². The first-order valence-corrected chi connectivity index (χ1v) is 6.10. The summed E-state index contributed by atoms with van der Waals surface area (Å²) in [6, 6.07) is 9.63. The highest BCUT2D eigenvalue weighted by molar-refractivity contribution is 9.10. The number of nitrogens with zero attached hydrogens (tertiary/aromatic N) is 1. The average Bonchev–Trinajstić information content (AvgIpc) is 2.31. The van der Waals surface area contributed by atoms with Gasteiger partial charge in [-0.05, 0) is 36.2 Å². The van der Waals surface area contributed by atoms with E-state index in [0.717, 1.165) is 21.2 Å². The van der Waals surface area contributed by atoms with Crippen LogP contribution in [0.4, 0.5) is 5.82 Å². The first-order chi connectivity index (χ1) is 8.08. The van der Waals surface area contributed by atoms with Crippen molar-refractivity contribution in [1.82, 2.24) is 4.98 Å². The smallest absolute Gasteiger partial charge is 0.128 e. The number of anilines is 1. The van der Waals surface area contributed by atoms with Gasteiger partial charge in [0.1, 0.15) is 5.82 Å². The van der Waals surface area contributed by atoms with E-state index in [-0.39, 0.29) is 6.04 Å². The largest absolute Gasteiger partial charge is 0.383 e. The molecular formula is C13H14BrN3. The van der Waals surface area contributed by atoms with Crippen LogP contribution in [0.5, 0.6) is 0 Å². The molecule has 0 aliphatic carbocycles. The highest BCUT2D eigenvalue weighted by Crippen LogP contribution is 2.25.